The van der Waals surface area contributed by atoms with Gasteiger partial charge in [-0.1, -0.05) is 31.5 Å². The molecule has 0 spiro atoms. The van der Waals surface area contributed by atoms with E-state index in [2.05, 4.69) is 20.6 Å². The molecule has 43 heavy (non-hydrogen) atoms. The van der Waals surface area contributed by atoms with Crippen molar-refractivity contribution in [1.82, 2.24) is 24.2 Å². The lowest BCUT2D eigenvalue weighted by atomic mass is 10.1. The SMILES string of the molecule is CC.COC(=O)c1ccc2nc(CN3CCC(n4ccc(OCc5ccc(Cl)cc5C#N)n4)CC3)n(C[C@@H]3CCO3)c2c1. The van der Waals surface area contributed by atoms with Crippen LogP contribution in [0.25, 0.3) is 11.0 Å². The number of likely N-dealkylation sites (tertiary alicyclic amines) is 1. The van der Waals surface area contributed by atoms with Crippen LogP contribution in [0.15, 0.2) is 48.7 Å². The first-order valence-electron chi connectivity index (χ1n) is 14.8. The standard InChI is InChI=1S/C30H31ClN6O4.C2H6/c1-39-30(38)20-3-5-26-27(15-20)36(17-25-9-13-40-25)28(33-26)18-35-10-6-24(7-11-35)37-12-8-29(34-37)41-19-21-2-4-23(31)14-22(21)16-32;1-2/h2-5,8,12,14-15,24-25H,6-7,9-11,13,17-19H2,1H3;1-2H3/t25-;/m0./s1. The molecule has 2 aromatic carbocycles. The van der Waals surface area contributed by atoms with Gasteiger partial charge in [-0.15, -0.1) is 5.10 Å². The minimum Gasteiger partial charge on any atom is -0.472 e. The number of benzene rings is 2. The summed E-state index contributed by atoms with van der Waals surface area (Å²) < 4.78 is 20.7. The van der Waals surface area contributed by atoms with Gasteiger partial charge in [0, 0.05) is 42.5 Å². The molecule has 2 fully saturated rings. The van der Waals surface area contributed by atoms with Gasteiger partial charge < -0.3 is 18.8 Å². The number of fused-ring (bicyclic) bond motifs is 1. The van der Waals surface area contributed by atoms with E-state index >= 15 is 0 Å². The zero-order chi connectivity index (χ0) is 30.3. The fourth-order valence-corrected chi connectivity index (χ4v) is 5.62. The van der Waals surface area contributed by atoms with Gasteiger partial charge in [-0.2, -0.15) is 5.26 Å². The summed E-state index contributed by atoms with van der Waals surface area (Å²) in [7, 11) is 1.39. The van der Waals surface area contributed by atoms with Crippen molar-refractivity contribution in [2.24, 2.45) is 0 Å². The molecule has 0 aliphatic carbocycles. The van der Waals surface area contributed by atoms with Gasteiger partial charge in [0.05, 0.1) is 60.6 Å². The summed E-state index contributed by atoms with van der Waals surface area (Å²) in [4.78, 5) is 19.5. The van der Waals surface area contributed by atoms with E-state index in [9.17, 15) is 10.1 Å². The molecule has 226 valence electrons. The van der Waals surface area contributed by atoms with Crippen molar-refractivity contribution in [3.05, 3.63) is 76.2 Å². The number of esters is 1. The predicted molar refractivity (Wildman–Crippen MR) is 163 cm³/mol. The van der Waals surface area contributed by atoms with Crippen molar-refractivity contribution < 1.29 is 19.0 Å². The molecule has 6 rings (SSSR count). The average molecular weight is 605 g/mol. The number of rotatable bonds is 9. The zero-order valence-electron chi connectivity index (χ0n) is 24.8. The second-order valence-corrected chi connectivity index (χ2v) is 10.9. The fourth-order valence-electron chi connectivity index (χ4n) is 5.45. The van der Waals surface area contributed by atoms with Crippen LogP contribution in [0.5, 0.6) is 5.88 Å². The summed E-state index contributed by atoms with van der Waals surface area (Å²) in [6.07, 6.45) is 5.06. The van der Waals surface area contributed by atoms with Crippen LogP contribution < -0.4 is 4.74 Å². The van der Waals surface area contributed by atoms with Crippen molar-refractivity contribution in [3.63, 3.8) is 0 Å². The van der Waals surface area contributed by atoms with E-state index in [4.69, 9.17) is 30.8 Å². The van der Waals surface area contributed by atoms with Gasteiger partial charge in [0.1, 0.15) is 12.4 Å². The molecule has 0 N–H and O–H groups in total. The van der Waals surface area contributed by atoms with Crippen LogP contribution in [0.2, 0.25) is 5.02 Å². The second kappa shape index (κ2) is 14.0. The molecule has 0 bridgehead atoms. The van der Waals surface area contributed by atoms with Crippen LogP contribution in [-0.2, 0) is 29.2 Å². The topological polar surface area (TPSA) is 107 Å². The Morgan fingerprint density at radius 3 is 2.63 bits per heavy atom. The number of hydrogen-bond acceptors (Lipinski definition) is 8. The summed E-state index contributed by atoms with van der Waals surface area (Å²) in [5.41, 5.74) is 3.59. The highest BCUT2D eigenvalue weighted by atomic mass is 35.5. The molecule has 2 aliphatic heterocycles. The molecular formula is C32H37ClN6O4. The van der Waals surface area contributed by atoms with Crippen molar-refractivity contribution in [2.45, 2.75) is 65.0 Å². The first kappa shape index (κ1) is 30.5. The van der Waals surface area contributed by atoms with Gasteiger partial charge in [0.25, 0.3) is 0 Å². The third-order valence-electron chi connectivity index (χ3n) is 7.88. The van der Waals surface area contributed by atoms with E-state index < -0.39 is 0 Å². The highest BCUT2D eigenvalue weighted by Gasteiger charge is 2.26. The Kier molecular flexibility index (Phi) is 9.97. The average Bonchev–Trinajstić information content (AvgIpc) is 3.63. The molecule has 0 saturated carbocycles. The Bertz CT molecular complexity index is 1600. The maximum atomic E-state index is 12.2. The molecular weight excluding hydrogens is 568 g/mol. The van der Waals surface area contributed by atoms with Gasteiger partial charge in [-0.3, -0.25) is 9.58 Å². The molecule has 4 aromatic rings. The van der Waals surface area contributed by atoms with Crippen molar-refractivity contribution in [2.75, 3.05) is 26.8 Å². The lowest BCUT2D eigenvalue weighted by molar-refractivity contribution is -0.0592. The molecule has 1 atom stereocenters. The quantitative estimate of drug-likeness (QED) is 0.221. The molecule has 11 heteroatoms. The monoisotopic (exact) mass is 604 g/mol. The number of aromatic nitrogens is 4. The van der Waals surface area contributed by atoms with E-state index in [1.54, 1.807) is 24.3 Å². The predicted octanol–water partition coefficient (Wildman–Crippen LogP) is 5.78. The third-order valence-corrected chi connectivity index (χ3v) is 8.11. The number of carbonyl (C=O) groups excluding carboxylic acids is 1. The Labute approximate surface area is 256 Å². The Balaban J connectivity index is 0.00000180. The van der Waals surface area contributed by atoms with E-state index in [0.717, 1.165) is 74.5 Å². The van der Waals surface area contributed by atoms with Gasteiger partial charge in [0.2, 0.25) is 5.88 Å². The Hall–Kier alpha value is -3.91. The van der Waals surface area contributed by atoms with Crippen LogP contribution in [0.3, 0.4) is 0 Å². The van der Waals surface area contributed by atoms with E-state index in [0.29, 0.717) is 22.0 Å². The minimum atomic E-state index is -0.354. The number of hydrogen-bond donors (Lipinski definition) is 0. The molecule has 0 amide bonds. The maximum absolute atomic E-state index is 12.2. The zero-order valence-corrected chi connectivity index (χ0v) is 25.6. The third kappa shape index (κ3) is 7.02. The number of nitriles is 1. The van der Waals surface area contributed by atoms with Crippen molar-refractivity contribution in [3.8, 4) is 11.9 Å². The van der Waals surface area contributed by atoms with Gasteiger partial charge in [0.15, 0.2) is 0 Å². The summed E-state index contributed by atoms with van der Waals surface area (Å²) in [6, 6.07) is 15.0. The lowest BCUT2D eigenvalue weighted by Crippen LogP contribution is -2.36. The molecule has 0 radical (unpaired) electrons. The number of nitrogens with zero attached hydrogens (tertiary/aromatic N) is 6. The smallest absolute Gasteiger partial charge is 0.337 e. The number of carbonyl (C=O) groups is 1. The summed E-state index contributed by atoms with van der Waals surface area (Å²) in [5, 5.41) is 14.5. The van der Waals surface area contributed by atoms with Crippen LogP contribution >= 0.6 is 11.6 Å². The Morgan fingerprint density at radius 2 is 1.93 bits per heavy atom. The number of halogens is 1. The first-order chi connectivity index (χ1) is 21.0. The van der Waals surface area contributed by atoms with Crippen LogP contribution in [0.4, 0.5) is 0 Å². The first-order valence-corrected chi connectivity index (χ1v) is 15.2. The number of piperidine rings is 1. The molecule has 2 saturated heterocycles. The van der Waals surface area contributed by atoms with Crippen molar-refractivity contribution >= 4 is 28.6 Å². The van der Waals surface area contributed by atoms with E-state index in [1.165, 1.54) is 7.11 Å². The normalized spacial score (nSPS) is 17.0. The van der Waals surface area contributed by atoms with Crippen LogP contribution in [0, 0.1) is 11.3 Å². The number of ether oxygens (including phenoxy) is 3. The van der Waals surface area contributed by atoms with Gasteiger partial charge in [-0.25, -0.2) is 9.78 Å². The summed E-state index contributed by atoms with van der Waals surface area (Å²) >= 11 is 6.00. The molecule has 2 aromatic heterocycles. The Morgan fingerprint density at radius 1 is 1.14 bits per heavy atom. The maximum Gasteiger partial charge on any atom is 0.337 e. The molecule has 2 aliphatic rings. The van der Waals surface area contributed by atoms with Gasteiger partial charge >= 0.3 is 5.97 Å². The fraction of sp³-hybridized carbons (Fsp3) is 0.438. The highest BCUT2D eigenvalue weighted by molar-refractivity contribution is 6.30. The largest absolute Gasteiger partial charge is 0.472 e. The number of imidazole rings is 1. The van der Waals surface area contributed by atoms with Crippen LogP contribution in [-0.4, -0.2) is 63.1 Å². The second-order valence-electron chi connectivity index (χ2n) is 10.5. The molecule has 0 unspecified atom stereocenters. The van der Waals surface area contributed by atoms with Gasteiger partial charge in [-0.05, 0) is 49.6 Å². The lowest BCUT2D eigenvalue weighted by Gasteiger charge is -2.32. The van der Waals surface area contributed by atoms with E-state index in [1.807, 2.05) is 42.9 Å². The van der Waals surface area contributed by atoms with Crippen molar-refractivity contribution in [1.29, 1.82) is 5.26 Å². The summed E-state index contributed by atoms with van der Waals surface area (Å²) in [6.45, 7) is 8.30. The highest BCUT2D eigenvalue weighted by Crippen LogP contribution is 2.27. The molecule has 4 heterocycles. The number of methoxy groups -OCH3 is 1. The van der Waals surface area contributed by atoms with Crippen LogP contribution in [0.1, 0.15) is 66.5 Å². The minimum absolute atomic E-state index is 0.168. The molecule has 10 nitrogen and oxygen atoms in total. The van der Waals surface area contributed by atoms with E-state index in [-0.39, 0.29) is 24.7 Å². The summed E-state index contributed by atoms with van der Waals surface area (Å²) in [5.74, 6) is 1.15.